The van der Waals surface area contributed by atoms with Crippen LogP contribution in [0.1, 0.15) is 19.2 Å². The van der Waals surface area contributed by atoms with Gasteiger partial charge in [-0.15, -0.1) is 5.10 Å². The van der Waals surface area contributed by atoms with Crippen molar-refractivity contribution in [3.8, 4) is 0 Å². The van der Waals surface area contributed by atoms with Crippen LogP contribution in [0.4, 0.5) is 14.7 Å². The van der Waals surface area contributed by atoms with Crippen LogP contribution in [0.3, 0.4) is 0 Å². The highest BCUT2D eigenvalue weighted by molar-refractivity contribution is 5.30. The van der Waals surface area contributed by atoms with Crippen molar-refractivity contribution in [2.24, 2.45) is 0 Å². The van der Waals surface area contributed by atoms with Gasteiger partial charge in [-0.25, -0.2) is 8.78 Å². The molecule has 1 saturated heterocycles. The molecule has 5 nitrogen and oxygen atoms in total. The van der Waals surface area contributed by atoms with Gasteiger partial charge in [-0.3, -0.25) is 5.10 Å². The summed E-state index contributed by atoms with van der Waals surface area (Å²) in [6, 6.07) is 0.326. The van der Waals surface area contributed by atoms with Crippen LogP contribution in [-0.4, -0.2) is 40.9 Å². The Morgan fingerprint density at radius 2 is 2.33 bits per heavy atom. The molecule has 2 N–H and O–H groups in total. The van der Waals surface area contributed by atoms with Gasteiger partial charge in [-0.05, 0) is 6.92 Å². The third-order valence-electron chi connectivity index (χ3n) is 2.35. The molecule has 0 amide bonds. The van der Waals surface area contributed by atoms with Crippen LogP contribution in [-0.2, 0) is 0 Å². The van der Waals surface area contributed by atoms with Crippen LogP contribution < -0.4 is 10.2 Å². The van der Waals surface area contributed by atoms with Gasteiger partial charge >= 0.3 is 0 Å². The molecule has 1 aromatic heterocycles. The Kier molecular flexibility index (Phi) is 2.81. The molecule has 0 aromatic carbocycles. The first-order valence-electron chi connectivity index (χ1n) is 4.85. The van der Waals surface area contributed by atoms with E-state index in [0.717, 1.165) is 19.6 Å². The topological polar surface area (TPSA) is 56.8 Å². The van der Waals surface area contributed by atoms with E-state index in [2.05, 4.69) is 20.5 Å². The Morgan fingerprint density at radius 3 is 2.93 bits per heavy atom. The first-order valence-corrected chi connectivity index (χ1v) is 4.85. The molecule has 84 valence electrons. The Hall–Kier alpha value is -1.24. The second-order valence-electron chi connectivity index (χ2n) is 3.62. The van der Waals surface area contributed by atoms with E-state index in [4.69, 9.17) is 0 Å². The number of halogens is 2. The van der Waals surface area contributed by atoms with Crippen LogP contribution in [0.25, 0.3) is 0 Å². The third-order valence-corrected chi connectivity index (χ3v) is 2.35. The van der Waals surface area contributed by atoms with Gasteiger partial charge in [0.15, 0.2) is 5.82 Å². The Balaban J connectivity index is 2.08. The van der Waals surface area contributed by atoms with Gasteiger partial charge in [0, 0.05) is 25.7 Å². The SMILES string of the molecule is C[C@H]1CN(c2n[nH]c(C(F)F)n2)CCN1. The van der Waals surface area contributed by atoms with Crippen LogP contribution in [0.5, 0.6) is 0 Å². The van der Waals surface area contributed by atoms with Gasteiger partial charge in [-0.2, -0.15) is 4.98 Å². The van der Waals surface area contributed by atoms with Crippen molar-refractivity contribution in [3.63, 3.8) is 0 Å². The van der Waals surface area contributed by atoms with Crippen LogP contribution in [0.15, 0.2) is 0 Å². The van der Waals surface area contributed by atoms with Gasteiger partial charge < -0.3 is 10.2 Å². The first kappa shape index (κ1) is 10.3. The maximum absolute atomic E-state index is 12.3. The summed E-state index contributed by atoms with van der Waals surface area (Å²) in [5.74, 6) is -0.00478. The summed E-state index contributed by atoms with van der Waals surface area (Å²) in [4.78, 5) is 5.64. The van der Waals surface area contributed by atoms with E-state index in [1.54, 1.807) is 0 Å². The number of anilines is 1. The lowest BCUT2D eigenvalue weighted by atomic mass is 10.2. The Morgan fingerprint density at radius 1 is 1.53 bits per heavy atom. The fraction of sp³-hybridized carbons (Fsp3) is 0.750. The smallest absolute Gasteiger partial charge is 0.296 e. The molecule has 0 saturated carbocycles. The molecule has 1 aliphatic heterocycles. The number of aromatic amines is 1. The highest BCUT2D eigenvalue weighted by Gasteiger charge is 2.21. The molecule has 1 aliphatic rings. The Labute approximate surface area is 85.9 Å². The number of rotatable bonds is 2. The number of piperazine rings is 1. The van der Waals surface area contributed by atoms with E-state index in [9.17, 15) is 8.78 Å². The van der Waals surface area contributed by atoms with Crippen molar-refractivity contribution in [3.05, 3.63) is 5.82 Å². The minimum atomic E-state index is -2.59. The van der Waals surface area contributed by atoms with Gasteiger partial charge in [0.2, 0.25) is 5.95 Å². The zero-order valence-corrected chi connectivity index (χ0v) is 8.37. The molecule has 0 aliphatic carbocycles. The second-order valence-corrected chi connectivity index (χ2v) is 3.62. The Bertz CT molecular complexity index is 327. The normalized spacial score (nSPS) is 22.4. The van der Waals surface area contributed by atoms with Crippen molar-refractivity contribution >= 4 is 5.95 Å². The van der Waals surface area contributed by atoms with E-state index in [0.29, 0.717) is 12.0 Å². The average molecular weight is 217 g/mol. The lowest BCUT2D eigenvalue weighted by molar-refractivity contribution is 0.141. The molecule has 1 fully saturated rings. The summed E-state index contributed by atoms with van der Waals surface area (Å²) in [6.07, 6.45) is -2.59. The molecule has 0 radical (unpaired) electrons. The third kappa shape index (κ3) is 2.23. The molecule has 1 aromatic rings. The maximum atomic E-state index is 12.3. The zero-order chi connectivity index (χ0) is 10.8. The van der Waals surface area contributed by atoms with Gasteiger partial charge in [0.05, 0.1) is 0 Å². The monoisotopic (exact) mass is 217 g/mol. The van der Waals surface area contributed by atoms with Crippen LogP contribution in [0, 0.1) is 0 Å². The number of nitrogens with one attached hydrogen (secondary N) is 2. The predicted octanol–water partition coefficient (Wildman–Crippen LogP) is 0.540. The molecule has 2 heterocycles. The molecule has 0 unspecified atom stereocenters. The van der Waals surface area contributed by atoms with E-state index < -0.39 is 6.43 Å². The van der Waals surface area contributed by atoms with Gasteiger partial charge in [0.1, 0.15) is 0 Å². The van der Waals surface area contributed by atoms with Crippen molar-refractivity contribution in [2.45, 2.75) is 19.4 Å². The van der Waals surface area contributed by atoms with Gasteiger partial charge in [0.25, 0.3) is 6.43 Å². The largest absolute Gasteiger partial charge is 0.337 e. The number of alkyl halides is 2. The highest BCUT2D eigenvalue weighted by atomic mass is 19.3. The lowest BCUT2D eigenvalue weighted by Crippen LogP contribution is -2.49. The number of nitrogens with zero attached hydrogens (tertiary/aromatic N) is 3. The van der Waals surface area contributed by atoms with Crippen molar-refractivity contribution in [1.29, 1.82) is 0 Å². The van der Waals surface area contributed by atoms with Crippen LogP contribution in [0.2, 0.25) is 0 Å². The molecule has 7 heteroatoms. The zero-order valence-electron chi connectivity index (χ0n) is 8.37. The first-order chi connectivity index (χ1) is 7.16. The summed E-state index contributed by atoms with van der Waals surface area (Å²) in [7, 11) is 0. The van der Waals surface area contributed by atoms with Crippen molar-refractivity contribution in [1.82, 2.24) is 20.5 Å². The summed E-state index contributed by atoms with van der Waals surface area (Å²) >= 11 is 0. The minimum absolute atomic E-state index is 0.326. The predicted molar refractivity (Wildman–Crippen MR) is 51.0 cm³/mol. The summed E-state index contributed by atoms with van der Waals surface area (Å²) in [6.45, 7) is 4.33. The molecule has 1 atom stereocenters. The van der Waals surface area contributed by atoms with Crippen LogP contribution >= 0.6 is 0 Å². The molecule has 2 rings (SSSR count). The van der Waals surface area contributed by atoms with E-state index in [-0.39, 0.29) is 5.82 Å². The molecule has 0 bridgehead atoms. The maximum Gasteiger partial charge on any atom is 0.296 e. The minimum Gasteiger partial charge on any atom is -0.337 e. The fourth-order valence-corrected chi connectivity index (χ4v) is 1.62. The molecule has 15 heavy (non-hydrogen) atoms. The number of H-pyrrole nitrogens is 1. The van der Waals surface area contributed by atoms with Crippen molar-refractivity contribution < 1.29 is 8.78 Å². The van der Waals surface area contributed by atoms with E-state index >= 15 is 0 Å². The molecule has 0 spiro atoms. The summed E-state index contributed by atoms with van der Waals surface area (Å²) in [5, 5.41) is 9.28. The quantitative estimate of drug-likeness (QED) is 0.759. The average Bonchev–Trinajstić information content (AvgIpc) is 2.66. The summed E-state index contributed by atoms with van der Waals surface area (Å²) < 4.78 is 24.5. The van der Waals surface area contributed by atoms with Gasteiger partial charge in [-0.1, -0.05) is 0 Å². The number of hydrogen-bond acceptors (Lipinski definition) is 4. The standard InChI is InChI=1S/C8H13F2N5/c1-5-4-15(3-2-11-5)8-12-7(6(9)10)13-14-8/h5-6,11H,2-4H2,1H3,(H,12,13,14)/t5-/m0/s1. The fourth-order valence-electron chi connectivity index (χ4n) is 1.62. The van der Waals surface area contributed by atoms with E-state index in [1.807, 2.05) is 11.8 Å². The van der Waals surface area contributed by atoms with Crippen molar-refractivity contribution in [2.75, 3.05) is 24.5 Å². The molecular weight excluding hydrogens is 204 g/mol. The number of hydrogen-bond donors (Lipinski definition) is 2. The van der Waals surface area contributed by atoms with E-state index in [1.165, 1.54) is 0 Å². The summed E-state index contributed by atoms with van der Waals surface area (Å²) in [5.41, 5.74) is 0. The lowest BCUT2D eigenvalue weighted by Gasteiger charge is -2.30. The number of aromatic nitrogens is 3. The molecular formula is C8H13F2N5. The second kappa shape index (κ2) is 4.09. The highest BCUT2D eigenvalue weighted by Crippen LogP contribution is 2.17.